The largest absolute Gasteiger partial charge is 0.314 e. The van der Waals surface area contributed by atoms with Gasteiger partial charge in [-0.05, 0) is 72.8 Å². The van der Waals surface area contributed by atoms with E-state index in [2.05, 4.69) is 43.3 Å². The third-order valence-corrected chi connectivity index (χ3v) is 4.52. The van der Waals surface area contributed by atoms with Crippen molar-refractivity contribution in [2.45, 2.75) is 38.3 Å². The number of aromatic nitrogens is 1. The van der Waals surface area contributed by atoms with Crippen molar-refractivity contribution in [3.63, 3.8) is 0 Å². The minimum atomic E-state index is 0.824. The van der Waals surface area contributed by atoms with E-state index < -0.39 is 0 Å². The van der Waals surface area contributed by atoms with Gasteiger partial charge in [0.25, 0.3) is 0 Å². The van der Waals surface area contributed by atoms with E-state index >= 15 is 0 Å². The smallest absolute Gasteiger partial charge is 0.0544 e. The lowest BCUT2D eigenvalue weighted by Crippen LogP contribution is -2.39. The molecule has 4 heteroatoms. The molecule has 2 heterocycles. The topological polar surface area (TPSA) is 28.2 Å². The van der Waals surface area contributed by atoms with Crippen LogP contribution in [0.2, 0.25) is 0 Å². The van der Waals surface area contributed by atoms with Crippen molar-refractivity contribution in [2.24, 2.45) is 5.92 Å². The van der Waals surface area contributed by atoms with E-state index in [1.165, 1.54) is 51.0 Å². The molecule has 3 nitrogen and oxygen atoms in total. The summed E-state index contributed by atoms with van der Waals surface area (Å²) in [6.45, 7) is 4.64. The molecule has 0 radical (unpaired) electrons. The first-order chi connectivity index (χ1) is 9.29. The van der Waals surface area contributed by atoms with Crippen LogP contribution in [0.3, 0.4) is 0 Å². The molecule has 1 aliphatic heterocycles. The number of likely N-dealkylation sites (tertiary alicyclic amines) is 1. The molecule has 1 N–H and O–H groups in total. The monoisotopic (exact) mass is 323 g/mol. The molecule has 2 aliphatic rings. The van der Waals surface area contributed by atoms with Gasteiger partial charge < -0.3 is 5.32 Å². The summed E-state index contributed by atoms with van der Waals surface area (Å²) in [6, 6.07) is 5.04. The van der Waals surface area contributed by atoms with Crippen molar-refractivity contribution in [1.29, 1.82) is 0 Å². The standard InChI is InChI=1S/C15H22BrN3/c16-13-3-4-15(18-9-13)11-19-7-1-2-12(10-19)8-17-14-5-6-14/h3-4,9,12,14,17H,1-2,5-8,10-11H2. The van der Waals surface area contributed by atoms with Crippen LogP contribution in [0.5, 0.6) is 0 Å². The van der Waals surface area contributed by atoms with Gasteiger partial charge in [-0.2, -0.15) is 0 Å². The normalized spacial score (nSPS) is 24.6. The molecular weight excluding hydrogens is 302 g/mol. The third kappa shape index (κ3) is 4.26. The lowest BCUT2D eigenvalue weighted by molar-refractivity contribution is 0.163. The number of rotatable bonds is 5. The molecule has 1 unspecified atom stereocenters. The summed E-state index contributed by atoms with van der Waals surface area (Å²) < 4.78 is 1.06. The van der Waals surface area contributed by atoms with Crippen molar-refractivity contribution in [1.82, 2.24) is 15.2 Å². The van der Waals surface area contributed by atoms with Gasteiger partial charge in [0.1, 0.15) is 0 Å². The molecule has 104 valence electrons. The van der Waals surface area contributed by atoms with E-state index in [4.69, 9.17) is 0 Å². The number of piperidine rings is 1. The fourth-order valence-electron chi connectivity index (χ4n) is 2.81. The second kappa shape index (κ2) is 6.33. The Hall–Kier alpha value is -0.450. The average Bonchev–Trinajstić information content (AvgIpc) is 3.24. The highest BCUT2D eigenvalue weighted by Gasteiger charge is 2.24. The summed E-state index contributed by atoms with van der Waals surface area (Å²) in [6.07, 6.45) is 7.38. The first kappa shape index (κ1) is 13.5. The summed E-state index contributed by atoms with van der Waals surface area (Å²) >= 11 is 3.44. The molecule has 19 heavy (non-hydrogen) atoms. The summed E-state index contributed by atoms with van der Waals surface area (Å²) in [4.78, 5) is 7.03. The van der Waals surface area contributed by atoms with Crippen LogP contribution in [-0.2, 0) is 6.54 Å². The SMILES string of the molecule is Brc1ccc(CN2CCCC(CNC3CC3)C2)nc1. The second-order valence-corrected chi connectivity index (χ2v) is 6.81. The van der Waals surface area contributed by atoms with Crippen molar-refractivity contribution in [2.75, 3.05) is 19.6 Å². The van der Waals surface area contributed by atoms with Gasteiger partial charge in [0, 0.05) is 29.8 Å². The minimum absolute atomic E-state index is 0.824. The quantitative estimate of drug-likeness (QED) is 0.903. The van der Waals surface area contributed by atoms with Crippen molar-refractivity contribution < 1.29 is 0 Å². The first-order valence-corrected chi connectivity index (χ1v) is 8.15. The number of hydrogen-bond acceptors (Lipinski definition) is 3. The molecule has 0 bridgehead atoms. The lowest BCUT2D eigenvalue weighted by atomic mass is 9.98. The molecule has 1 saturated carbocycles. The summed E-state index contributed by atoms with van der Waals surface area (Å²) in [7, 11) is 0. The van der Waals surface area contributed by atoms with Gasteiger partial charge in [-0.3, -0.25) is 9.88 Å². The van der Waals surface area contributed by atoms with E-state index in [-0.39, 0.29) is 0 Å². The Morgan fingerprint density at radius 2 is 2.21 bits per heavy atom. The van der Waals surface area contributed by atoms with Crippen molar-refractivity contribution in [3.05, 3.63) is 28.5 Å². The van der Waals surface area contributed by atoms with Gasteiger partial charge in [-0.15, -0.1) is 0 Å². The maximum atomic E-state index is 4.48. The van der Waals surface area contributed by atoms with Crippen LogP contribution in [0.4, 0.5) is 0 Å². The van der Waals surface area contributed by atoms with E-state index in [0.717, 1.165) is 23.0 Å². The van der Waals surface area contributed by atoms with Crippen LogP contribution in [0.1, 0.15) is 31.4 Å². The minimum Gasteiger partial charge on any atom is -0.314 e. The van der Waals surface area contributed by atoms with Crippen LogP contribution < -0.4 is 5.32 Å². The van der Waals surface area contributed by atoms with E-state index in [1.807, 2.05) is 6.20 Å². The van der Waals surface area contributed by atoms with Crippen LogP contribution in [0.25, 0.3) is 0 Å². The zero-order valence-electron chi connectivity index (χ0n) is 11.3. The number of halogens is 1. The molecule has 0 aromatic carbocycles. The Balaban J connectivity index is 1.48. The zero-order valence-corrected chi connectivity index (χ0v) is 12.9. The highest BCUT2D eigenvalue weighted by atomic mass is 79.9. The second-order valence-electron chi connectivity index (χ2n) is 5.89. The van der Waals surface area contributed by atoms with E-state index in [1.54, 1.807) is 0 Å². The zero-order chi connectivity index (χ0) is 13.1. The van der Waals surface area contributed by atoms with Crippen LogP contribution in [-0.4, -0.2) is 35.6 Å². The van der Waals surface area contributed by atoms with Gasteiger partial charge in [0.15, 0.2) is 0 Å². The van der Waals surface area contributed by atoms with Crippen LogP contribution in [0, 0.1) is 5.92 Å². The molecule has 2 fully saturated rings. The summed E-state index contributed by atoms with van der Waals surface area (Å²) in [5.41, 5.74) is 1.18. The highest BCUT2D eigenvalue weighted by molar-refractivity contribution is 9.10. The summed E-state index contributed by atoms with van der Waals surface area (Å²) in [5.74, 6) is 0.824. The Morgan fingerprint density at radius 1 is 1.32 bits per heavy atom. The molecule has 1 aromatic heterocycles. The van der Waals surface area contributed by atoms with Gasteiger partial charge in [0.2, 0.25) is 0 Å². The van der Waals surface area contributed by atoms with Crippen LogP contribution in [0.15, 0.2) is 22.8 Å². The van der Waals surface area contributed by atoms with Crippen molar-refractivity contribution >= 4 is 15.9 Å². The lowest BCUT2D eigenvalue weighted by Gasteiger charge is -2.32. The Kier molecular flexibility index (Phi) is 4.51. The maximum Gasteiger partial charge on any atom is 0.0544 e. The number of nitrogens with zero attached hydrogens (tertiary/aromatic N) is 2. The fraction of sp³-hybridized carbons (Fsp3) is 0.667. The molecule has 3 rings (SSSR count). The number of nitrogens with one attached hydrogen (secondary N) is 1. The average molecular weight is 324 g/mol. The van der Waals surface area contributed by atoms with E-state index in [9.17, 15) is 0 Å². The predicted molar refractivity (Wildman–Crippen MR) is 81.0 cm³/mol. The van der Waals surface area contributed by atoms with Gasteiger partial charge in [-0.25, -0.2) is 0 Å². The van der Waals surface area contributed by atoms with Crippen molar-refractivity contribution in [3.8, 4) is 0 Å². The van der Waals surface area contributed by atoms with Crippen LogP contribution >= 0.6 is 15.9 Å². The van der Waals surface area contributed by atoms with Gasteiger partial charge in [-0.1, -0.05) is 0 Å². The summed E-state index contributed by atoms with van der Waals surface area (Å²) in [5, 5.41) is 3.67. The molecule has 1 aromatic rings. The Labute approximate surface area is 123 Å². The molecular formula is C15H22BrN3. The molecule has 0 amide bonds. The van der Waals surface area contributed by atoms with E-state index in [0.29, 0.717) is 0 Å². The number of pyridine rings is 1. The maximum absolute atomic E-state index is 4.48. The third-order valence-electron chi connectivity index (χ3n) is 4.05. The number of hydrogen-bond donors (Lipinski definition) is 1. The molecule has 1 atom stereocenters. The van der Waals surface area contributed by atoms with Gasteiger partial charge in [0.05, 0.1) is 5.69 Å². The molecule has 1 aliphatic carbocycles. The molecule has 0 spiro atoms. The highest BCUT2D eigenvalue weighted by Crippen LogP contribution is 2.22. The Morgan fingerprint density at radius 3 is 2.95 bits per heavy atom. The van der Waals surface area contributed by atoms with Gasteiger partial charge >= 0.3 is 0 Å². The molecule has 1 saturated heterocycles. The Bertz CT molecular complexity index is 402. The predicted octanol–water partition coefficient (Wildman–Crippen LogP) is 2.81. The first-order valence-electron chi connectivity index (χ1n) is 7.36. The fourth-order valence-corrected chi connectivity index (χ4v) is 3.05.